The first-order valence-corrected chi connectivity index (χ1v) is 22.7. The highest BCUT2D eigenvalue weighted by Crippen LogP contribution is 2.13. The highest BCUT2D eigenvalue weighted by Gasteiger charge is 2.21. The van der Waals surface area contributed by atoms with Crippen molar-refractivity contribution >= 4 is 17.9 Å². The molecule has 0 heterocycles. The van der Waals surface area contributed by atoms with Crippen molar-refractivity contribution in [2.75, 3.05) is 47.5 Å². The van der Waals surface area contributed by atoms with E-state index in [1.807, 2.05) is 21.1 Å². The highest BCUT2D eigenvalue weighted by molar-refractivity contribution is 5.70. The van der Waals surface area contributed by atoms with Crippen LogP contribution in [0.2, 0.25) is 0 Å². The number of likely N-dealkylation sites (N-methyl/N-ethyl adjacent to an activating group) is 1. The zero-order valence-corrected chi connectivity index (χ0v) is 37.8. The standard InChI is InChI=1S/C50H83NO8/c1-6-8-10-12-14-16-18-20-21-22-23-24-25-26-27-29-31-33-35-37-39-41-48(53)59-46(45-58-50(49(54)55)56-43-42-51(3,4)5)44-57-47(52)40-38-36-34-32-30-28-19-17-15-13-11-9-7-2/h8-11,14-17,20-21,23-24,28,30,46,50H,6-7,12-13,18-19,22,25-27,29,31-45H2,1-5H3/b10-8-,11-9-,16-14-,17-15-,21-20-,24-23-,30-28-. The molecule has 0 N–H and O–H groups in total. The van der Waals surface area contributed by atoms with Crippen LogP contribution in [0, 0.1) is 0 Å². The molecule has 59 heavy (non-hydrogen) atoms. The molecule has 0 aromatic rings. The van der Waals surface area contributed by atoms with Gasteiger partial charge in [0.15, 0.2) is 12.4 Å². The second-order valence-electron chi connectivity index (χ2n) is 15.9. The number of aliphatic carboxylic acids is 1. The summed E-state index contributed by atoms with van der Waals surface area (Å²) in [6, 6.07) is 0. The monoisotopic (exact) mass is 826 g/mol. The van der Waals surface area contributed by atoms with Gasteiger partial charge in [-0.15, -0.1) is 0 Å². The Morgan fingerprint density at radius 3 is 1.37 bits per heavy atom. The van der Waals surface area contributed by atoms with E-state index in [2.05, 4.69) is 98.9 Å². The van der Waals surface area contributed by atoms with E-state index in [0.717, 1.165) is 89.9 Å². The van der Waals surface area contributed by atoms with Gasteiger partial charge in [-0.1, -0.05) is 144 Å². The number of carbonyl (C=O) groups excluding carboxylic acids is 3. The van der Waals surface area contributed by atoms with Gasteiger partial charge in [0.1, 0.15) is 13.2 Å². The molecule has 0 saturated carbocycles. The molecule has 0 rings (SSSR count). The van der Waals surface area contributed by atoms with Crippen LogP contribution in [-0.2, 0) is 33.3 Å². The molecule has 9 heteroatoms. The Morgan fingerprint density at radius 2 is 0.915 bits per heavy atom. The average molecular weight is 826 g/mol. The van der Waals surface area contributed by atoms with E-state index in [0.29, 0.717) is 23.9 Å². The van der Waals surface area contributed by atoms with E-state index < -0.39 is 30.3 Å². The van der Waals surface area contributed by atoms with Crippen LogP contribution in [0.15, 0.2) is 85.1 Å². The largest absolute Gasteiger partial charge is 0.545 e. The molecule has 0 aromatic carbocycles. The van der Waals surface area contributed by atoms with Crippen molar-refractivity contribution in [3.63, 3.8) is 0 Å². The minimum absolute atomic E-state index is 0.136. The van der Waals surface area contributed by atoms with Gasteiger partial charge in [-0.05, 0) is 83.5 Å². The number of ether oxygens (including phenoxy) is 4. The molecule has 0 aromatic heterocycles. The van der Waals surface area contributed by atoms with Crippen LogP contribution in [0.1, 0.15) is 155 Å². The van der Waals surface area contributed by atoms with E-state index in [1.165, 1.54) is 25.7 Å². The summed E-state index contributed by atoms with van der Waals surface area (Å²) in [6.07, 6.45) is 49.0. The number of nitrogens with zero attached hydrogens (tertiary/aromatic N) is 1. The molecule has 0 amide bonds. The summed E-state index contributed by atoms with van der Waals surface area (Å²) in [5.41, 5.74) is 0. The van der Waals surface area contributed by atoms with Crippen molar-refractivity contribution in [1.29, 1.82) is 0 Å². The summed E-state index contributed by atoms with van der Waals surface area (Å²) in [7, 11) is 5.89. The van der Waals surface area contributed by atoms with E-state index in [-0.39, 0.29) is 32.7 Å². The summed E-state index contributed by atoms with van der Waals surface area (Å²) in [5.74, 6) is -2.35. The highest BCUT2D eigenvalue weighted by atomic mass is 16.7. The van der Waals surface area contributed by atoms with E-state index in [1.54, 1.807) is 0 Å². The molecular weight excluding hydrogens is 743 g/mol. The van der Waals surface area contributed by atoms with Crippen molar-refractivity contribution < 1.29 is 42.9 Å². The summed E-state index contributed by atoms with van der Waals surface area (Å²) in [6.45, 7) is 4.44. The lowest BCUT2D eigenvalue weighted by atomic mass is 10.1. The summed E-state index contributed by atoms with van der Waals surface area (Å²) in [4.78, 5) is 37.0. The molecule has 0 aliphatic rings. The zero-order valence-electron chi connectivity index (χ0n) is 37.8. The van der Waals surface area contributed by atoms with Gasteiger partial charge in [-0.3, -0.25) is 9.59 Å². The van der Waals surface area contributed by atoms with E-state index in [4.69, 9.17) is 18.9 Å². The number of carboxylic acid groups (broad SMARTS) is 1. The maximum Gasteiger partial charge on any atom is 0.306 e. The van der Waals surface area contributed by atoms with Gasteiger partial charge in [0, 0.05) is 12.8 Å². The second kappa shape index (κ2) is 41.2. The van der Waals surface area contributed by atoms with Gasteiger partial charge in [0.25, 0.3) is 0 Å². The Balaban J connectivity index is 4.46. The zero-order chi connectivity index (χ0) is 43.5. The molecular formula is C50H83NO8. The normalized spacial score (nSPS) is 13.7. The molecule has 0 bridgehead atoms. The molecule has 0 fully saturated rings. The Labute approximate surface area is 359 Å². The SMILES string of the molecule is CC/C=C\C/C=C\C/C=C\C/C=C\CCCCCCCCCCC(=O)OC(COC(=O)CCCCC/C=C\C/C=C\C/C=C\CC)COC(OCC[N+](C)(C)C)C(=O)[O-]. The van der Waals surface area contributed by atoms with Gasteiger partial charge in [-0.2, -0.15) is 0 Å². The quantitative estimate of drug-likeness (QED) is 0.0197. The van der Waals surface area contributed by atoms with Gasteiger partial charge >= 0.3 is 11.9 Å². The molecule has 0 aliphatic heterocycles. The van der Waals surface area contributed by atoms with Crippen LogP contribution < -0.4 is 5.11 Å². The van der Waals surface area contributed by atoms with Gasteiger partial charge in [0.2, 0.25) is 0 Å². The number of esters is 2. The average Bonchev–Trinajstić information content (AvgIpc) is 3.19. The Morgan fingerprint density at radius 1 is 0.508 bits per heavy atom. The summed E-state index contributed by atoms with van der Waals surface area (Å²) in [5, 5.41) is 11.7. The third-order valence-electron chi connectivity index (χ3n) is 9.14. The van der Waals surface area contributed by atoms with Gasteiger partial charge in [-0.25, -0.2) is 0 Å². The fourth-order valence-electron chi connectivity index (χ4n) is 5.66. The lowest BCUT2D eigenvalue weighted by Gasteiger charge is -2.26. The fraction of sp³-hybridized carbons (Fsp3) is 0.660. The second-order valence-corrected chi connectivity index (χ2v) is 15.9. The fourth-order valence-corrected chi connectivity index (χ4v) is 5.66. The molecule has 0 saturated heterocycles. The summed E-state index contributed by atoms with van der Waals surface area (Å²) < 4.78 is 22.5. The lowest BCUT2D eigenvalue weighted by molar-refractivity contribution is -0.870. The number of unbranched alkanes of at least 4 members (excludes halogenated alkanes) is 11. The smallest absolute Gasteiger partial charge is 0.306 e. The first-order valence-electron chi connectivity index (χ1n) is 22.7. The molecule has 0 aliphatic carbocycles. The third kappa shape index (κ3) is 42.4. The number of allylic oxidation sites excluding steroid dienone is 14. The van der Waals surface area contributed by atoms with Crippen LogP contribution in [-0.4, -0.2) is 82.3 Å². The first-order chi connectivity index (χ1) is 28.6. The molecule has 9 nitrogen and oxygen atoms in total. The van der Waals surface area contributed by atoms with Crippen molar-refractivity contribution in [2.45, 2.75) is 167 Å². The minimum atomic E-state index is -1.63. The first kappa shape index (κ1) is 55.5. The van der Waals surface area contributed by atoms with Crippen LogP contribution in [0.3, 0.4) is 0 Å². The minimum Gasteiger partial charge on any atom is -0.545 e. The van der Waals surface area contributed by atoms with Crippen molar-refractivity contribution in [3.8, 4) is 0 Å². The predicted molar refractivity (Wildman–Crippen MR) is 241 cm³/mol. The maximum absolute atomic E-state index is 12.8. The van der Waals surface area contributed by atoms with Gasteiger partial charge in [0.05, 0.1) is 40.3 Å². The number of carboxylic acids is 1. The number of quaternary nitrogens is 1. The van der Waals surface area contributed by atoms with E-state index in [9.17, 15) is 19.5 Å². The number of hydrogen-bond donors (Lipinski definition) is 0. The van der Waals surface area contributed by atoms with Gasteiger partial charge < -0.3 is 33.3 Å². The molecule has 0 spiro atoms. The Bertz CT molecular complexity index is 1240. The maximum atomic E-state index is 12.8. The summed E-state index contributed by atoms with van der Waals surface area (Å²) >= 11 is 0. The van der Waals surface area contributed by atoms with Crippen molar-refractivity contribution in [2.24, 2.45) is 0 Å². The number of hydrogen-bond acceptors (Lipinski definition) is 8. The number of carbonyl (C=O) groups is 3. The molecule has 336 valence electrons. The van der Waals surface area contributed by atoms with Crippen LogP contribution in [0.4, 0.5) is 0 Å². The van der Waals surface area contributed by atoms with Crippen LogP contribution >= 0.6 is 0 Å². The molecule has 2 atom stereocenters. The van der Waals surface area contributed by atoms with Crippen molar-refractivity contribution in [1.82, 2.24) is 0 Å². The number of rotatable bonds is 40. The predicted octanol–water partition coefficient (Wildman–Crippen LogP) is 10.8. The van der Waals surface area contributed by atoms with Crippen molar-refractivity contribution in [3.05, 3.63) is 85.1 Å². The topological polar surface area (TPSA) is 111 Å². The molecule has 0 radical (unpaired) electrons. The van der Waals surface area contributed by atoms with Crippen LogP contribution in [0.5, 0.6) is 0 Å². The Hall–Kier alpha value is -3.53. The Kier molecular flexibility index (Phi) is 38.7. The van der Waals surface area contributed by atoms with E-state index >= 15 is 0 Å². The van der Waals surface area contributed by atoms with Crippen LogP contribution in [0.25, 0.3) is 0 Å². The lowest BCUT2D eigenvalue weighted by Crippen LogP contribution is -2.44. The third-order valence-corrected chi connectivity index (χ3v) is 9.14. The molecule has 2 unspecified atom stereocenters.